The Morgan fingerprint density at radius 2 is 2.26 bits per heavy atom. The maximum atomic E-state index is 12.3. The molecule has 1 amide bonds. The van der Waals surface area contributed by atoms with Crippen molar-refractivity contribution in [2.24, 2.45) is 11.8 Å². The smallest absolute Gasteiger partial charge is 0.226 e. The van der Waals surface area contributed by atoms with Crippen molar-refractivity contribution >= 4 is 5.91 Å². The molecule has 2 aliphatic rings. The van der Waals surface area contributed by atoms with Gasteiger partial charge in [0.05, 0.1) is 6.20 Å². The molecule has 102 valence electrons. The Hall–Kier alpha value is -1.58. The van der Waals surface area contributed by atoms with E-state index in [-0.39, 0.29) is 5.92 Å². The van der Waals surface area contributed by atoms with Gasteiger partial charge in [0.15, 0.2) is 0 Å². The predicted octanol–water partition coefficient (Wildman–Crippen LogP) is 2.01. The monoisotopic (exact) mass is 259 g/mol. The third-order valence-electron chi connectivity index (χ3n) is 4.09. The van der Waals surface area contributed by atoms with E-state index in [1.54, 1.807) is 0 Å². The zero-order chi connectivity index (χ0) is 13.2. The van der Waals surface area contributed by atoms with Gasteiger partial charge in [-0.25, -0.2) is 0 Å². The van der Waals surface area contributed by atoms with Gasteiger partial charge in [0.2, 0.25) is 5.91 Å². The highest BCUT2D eigenvalue weighted by molar-refractivity contribution is 5.80. The maximum absolute atomic E-state index is 12.3. The number of nitrogens with zero attached hydrogens (tertiary/aromatic N) is 3. The van der Waals surface area contributed by atoms with Crippen LogP contribution in [0.15, 0.2) is 24.5 Å². The topological polar surface area (TPSA) is 38.1 Å². The van der Waals surface area contributed by atoms with Gasteiger partial charge in [0.1, 0.15) is 0 Å². The molecule has 1 aliphatic carbocycles. The van der Waals surface area contributed by atoms with Gasteiger partial charge in [0, 0.05) is 37.7 Å². The fourth-order valence-corrected chi connectivity index (χ4v) is 2.97. The quantitative estimate of drug-likeness (QED) is 0.779. The van der Waals surface area contributed by atoms with Gasteiger partial charge in [-0.3, -0.25) is 9.48 Å². The predicted molar refractivity (Wildman–Crippen MR) is 73.5 cm³/mol. The average molecular weight is 259 g/mol. The van der Waals surface area contributed by atoms with E-state index in [4.69, 9.17) is 0 Å². The van der Waals surface area contributed by atoms with Crippen LogP contribution in [-0.2, 0) is 11.3 Å². The van der Waals surface area contributed by atoms with Crippen LogP contribution in [0.25, 0.3) is 0 Å². The molecule has 0 bridgehead atoms. The molecule has 1 saturated heterocycles. The molecule has 1 unspecified atom stereocenters. The van der Waals surface area contributed by atoms with E-state index >= 15 is 0 Å². The van der Waals surface area contributed by atoms with Gasteiger partial charge in [-0.05, 0) is 31.7 Å². The largest absolute Gasteiger partial charge is 0.342 e. The van der Waals surface area contributed by atoms with E-state index in [0.29, 0.717) is 11.8 Å². The molecule has 1 aliphatic heterocycles. The van der Waals surface area contributed by atoms with Crippen LogP contribution >= 0.6 is 0 Å². The van der Waals surface area contributed by atoms with Gasteiger partial charge in [-0.1, -0.05) is 12.2 Å². The molecule has 0 radical (unpaired) electrons. The third-order valence-corrected chi connectivity index (χ3v) is 4.09. The summed E-state index contributed by atoms with van der Waals surface area (Å²) in [5.74, 6) is 1.16. The lowest BCUT2D eigenvalue weighted by atomic mass is 9.90. The Labute approximate surface area is 114 Å². The van der Waals surface area contributed by atoms with Crippen LogP contribution in [0, 0.1) is 18.8 Å². The normalized spacial score (nSPS) is 23.4. The van der Waals surface area contributed by atoms with Gasteiger partial charge in [-0.15, -0.1) is 0 Å². The fourth-order valence-electron chi connectivity index (χ4n) is 2.97. The van der Waals surface area contributed by atoms with Crippen LogP contribution < -0.4 is 0 Å². The lowest BCUT2D eigenvalue weighted by Gasteiger charge is -2.41. The summed E-state index contributed by atoms with van der Waals surface area (Å²) in [6.07, 6.45) is 11.3. The van der Waals surface area contributed by atoms with E-state index < -0.39 is 0 Å². The molecule has 4 heteroatoms. The van der Waals surface area contributed by atoms with Crippen LogP contribution in [0.2, 0.25) is 0 Å². The first kappa shape index (κ1) is 12.5. The number of allylic oxidation sites excluding steroid dienone is 2. The number of carbonyl (C=O) groups excluding carboxylic acids is 1. The lowest BCUT2D eigenvalue weighted by Crippen LogP contribution is -2.53. The summed E-state index contributed by atoms with van der Waals surface area (Å²) >= 11 is 0. The minimum atomic E-state index is 0.234. The minimum Gasteiger partial charge on any atom is -0.342 e. The summed E-state index contributed by atoms with van der Waals surface area (Å²) in [6, 6.07) is 0. The van der Waals surface area contributed by atoms with Crippen molar-refractivity contribution in [3.63, 3.8) is 0 Å². The molecule has 0 N–H and O–H groups in total. The maximum Gasteiger partial charge on any atom is 0.226 e. The van der Waals surface area contributed by atoms with Crippen molar-refractivity contribution in [2.45, 2.75) is 32.7 Å². The zero-order valence-corrected chi connectivity index (χ0v) is 11.5. The van der Waals surface area contributed by atoms with Gasteiger partial charge in [-0.2, -0.15) is 5.10 Å². The Kier molecular flexibility index (Phi) is 3.40. The Morgan fingerprint density at radius 1 is 1.42 bits per heavy atom. The summed E-state index contributed by atoms with van der Waals surface area (Å²) in [4.78, 5) is 14.3. The first-order chi connectivity index (χ1) is 9.22. The second-order valence-corrected chi connectivity index (χ2v) is 5.83. The molecule has 3 rings (SSSR count). The summed E-state index contributed by atoms with van der Waals surface area (Å²) in [6.45, 7) is 4.79. The van der Waals surface area contributed by atoms with Gasteiger partial charge >= 0.3 is 0 Å². The number of hydrogen-bond acceptors (Lipinski definition) is 2. The number of hydrogen-bond donors (Lipinski definition) is 0. The van der Waals surface area contributed by atoms with Crippen LogP contribution in [0.5, 0.6) is 0 Å². The van der Waals surface area contributed by atoms with Crippen LogP contribution in [0.1, 0.15) is 24.8 Å². The first-order valence-corrected chi connectivity index (χ1v) is 7.15. The van der Waals surface area contributed by atoms with Crippen molar-refractivity contribution in [3.8, 4) is 0 Å². The number of aryl methyl sites for hydroxylation is 1. The van der Waals surface area contributed by atoms with Gasteiger partial charge < -0.3 is 4.90 Å². The molecule has 19 heavy (non-hydrogen) atoms. The number of carbonyl (C=O) groups is 1. The molecule has 0 saturated carbocycles. The van der Waals surface area contributed by atoms with Crippen molar-refractivity contribution in [1.82, 2.24) is 14.7 Å². The standard InChI is InChI=1S/C15H21N3O/c1-12-7-16-18(8-12)11-13-9-17(10-13)15(19)14-5-3-2-4-6-14/h2-3,7-8,13-14H,4-6,9-11H2,1H3. The number of rotatable bonds is 3. The molecule has 1 aromatic heterocycles. The highest BCUT2D eigenvalue weighted by Gasteiger charge is 2.34. The summed E-state index contributed by atoms with van der Waals surface area (Å²) in [5, 5.41) is 4.30. The molecule has 0 aromatic carbocycles. The summed E-state index contributed by atoms with van der Waals surface area (Å²) in [7, 11) is 0. The SMILES string of the molecule is Cc1cnn(CC2CN(C(=O)C3CC=CCC3)C2)c1. The zero-order valence-electron chi connectivity index (χ0n) is 11.5. The molecule has 0 spiro atoms. The highest BCUT2D eigenvalue weighted by atomic mass is 16.2. The van der Waals surface area contributed by atoms with Crippen LogP contribution in [0.3, 0.4) is 0 Å². The Morgan fingerprint density at radius 3 is 2.89 bits per heavy atom. The Bertz CT molecular complexity index is 485. The average Bonchev–Trinajstić information content (AvgIpc) is 2.79. The Balaban J connectivity index is 1.47. The molecular formula is C15H21N3O. The lowest BCUT2D eigenvalue weighted by molar-refractivity contribution is -0.142. The van der Waals surface area contributed by atoms with E-state index in [9.17, 15) is 4.79 Å². The van der Waals surface area contributed by atoms with Crippen molar-refractivity contribution in [1.29, 1.82) is 0 Å². The molecule has 1 atom stereocenters. The highest BCUT2D eigenvalue weighted by Crippen LogP contribution is 2.25. The molecule has 1 aromatic rings. The number of aromatic nitrogens is 2. The van der Waals surface area contributed by atoms with Crippen molar-refractivity contribution in [2.75, 3.05) is 13.1 Å². The molecule has 2 heterocycles. The number of amides is 1. The van der Waals surface area contributed by atoms with E-state index in [1.165, 1.54) is 5.56 Å². The van der Waals surface area contributed by atoms with E-state index in [0.717, 1.165) is 38.9 Å². The summed E-state index contributed by atoms with van der Waals surface area (Å²) < 4.78 is 1.99. The van der Waals surface area contributed by atoms with Gasteiger partial charge in [0.25, 0.3) is 0 Å². The van der Waals surface area contributed by atoms with E-state index in [1.807, 2.05) is 15.8 Å². The van der Waals surface area contributed by atoms with Crippen molar-refractivity contribution < 1.29 is 4.79 Å². The minimum absolute atomic E-state index is 0.234. The second kappa shape index (κ2) is 5.19. The number of likely N-dealkylation sites (tertiary alicyclic amines) is 1. The molecule has 1 fully saturated rings. The second-order valence-electron chi connectivity index (χ2n) is 5.83. The fraction of sp³-hybridized carbons (Fsp3) is 0.600. The van der Waals surface area contributed by atoms with Crippen LogP contribution in [0.4, 0.5) is 0 Å². The summed E-state index contributed by atoms with van der Waals surface area (Å²) in [5.41, 5.74) is 1.20. The van der Waals surface area contributed by atoms with E-state index in [2.05, 4.69) is 30.4 Å². The third kappa shape index (κ3) is 2.72. The molecule has 4 nitrogen and oxygen atoms in total. The first-order valence-electron chi connectivity index (χ1n) is 7.15. The molecular weight excluding hydrogens is 238 g/mol. The van der Waals surface area contributed by atoms with Crippen molar-refractivity contribution in [3.05, 3.63) is 30.1 Å². The van der Waals surface area contributed by atoms with Crippen LogP contribution in [-0.4, -0.2) is 33.7 Å².